The molecule has 34 valence electrons. The molecule has 0 rings (SSSR count). The van der Waals surface area contributed by atoms with Crippen molar-refractivity contribution in [2.75, 3.05) is 0 Å². The number of hydrogen-bond acceptors (Lipinski definition) is 4. The van der Waals surface area contributed by atoms with E-state index in [1.165, 1.54) is 0 Å². The third-order valence-corrected chi connectivity index (χ3v) is 0.194. The molecule has 0 atom stereocenters. The molecule has 0 aromatic heterocycles. The second-order valence-corrected chi connectivity index (χ2v) is 0.696. The van der Waals surface area contributed by atoms with E-state index in [1.54, 1.807) is 0 Å². The lowest BCUT2D eigenvalue weighted by molar-refractivity contribution is 1.24. The van der Waals surface area contributed by atoms with E-state index in [4.69, 9.17) is 11.5 Å². The summed E-state index contributed by atoms with van der Waals surface area (Å²) < 4.78 is 0. The van der Waals surface area contributed by atoms with Crippen LogP contribution in [0.4, 0.5) is 0 Å². The highest BCUT2D eigenvalue weighted by molar-refractivity contribution is 5.54. The smallest absolute Gasteiger partial charge is 0.160 e. The number of rotatable bonds is 0. The summed E-state index contributed by atoms with van der Waals surface area (Å²) in [5, 5.41) is 2.90. The molecule has 0 bridgehead atoms. The fourth-order valence-electron chi connectivity index (χ4n) is 0.0745. The van der Waals surface area contributed by atoms with Crippen molar-refractivity contribution in [2.45, 2.75) is 0 Å². The standard InChI is InChI=1S/C2H6N4/c3-2(4)1-6-5/h3-5H2. The second kappa shape index (κ2) is 2.11. The molecule has 0 aromatic rings. The van der Waals surface area contributed by atoms with Gasteiger partial charge in [0.25, 0.3) is 0 Å². The van der Waals surface area contributed by atoms with Crippen LogP contribution < -0.4 is 17.3 Å². The van der Waals surface area contributed by atoms with Gasteiger partial charge in [-0.1, -0.05) is 0 Å². The number of hydrogen-bond donors (Lipinski definition) is 3. The van der Waals surface area contributed by atoms with Crippen LogP contribution in [0.5, 0.6) is 0 Å². The largest absolute Gasteiger partial charge is 0.378 e. The summed E-state index contributed by atoms with van der Waals surface area (Å²) in [6, 6.07) is 0. The van der Waals surface area contributed by atoms with Crippen molar-refractivity contribution >= 4 is 5.87 Å². The Kier molecular flexibility index (Phi) is 1.71. The van der Waals surface area contributed by atoms with Crippen molar-refractivity contribution in [1.29, 1.82) is 0 Å². The second-order valence-electron chi connectivity index (χ2n) is 0.696. The van der Waals surface area contributed by atoms with Crippen LogP contribution in [-0.2, 0) is 0 Å². The van der Waals surface area contributed by atoms with Crippen molar-refractivity contribution in [2.24, 2.45) is 22.4 Å². The summed E-state index contributed by atoms with van der Waals surface area (Å²) in [5.74, 6) is 6.64. The summed E-state index contributed by atoms with van der Waals surface area (Å²) in [7, 11) is 0. The Hall–Kier alpha value is -1.15. The molecule has 0 saturated heterocycles. The predicted molar refractivity (Wildman–Crippen MR) is 23.5 cm³/mol. The topological polar surface area (TPSA) is 90.4 Å². The Morgan fingerprint density at radius 2 is 2.00 bits per heavy atom. The molecule has 0 aliphatic heterocycles. The minimum Gasteiger partial charge on any atom is -0.378 e. The van der Waals surface area contributed by atoms with E-state index >= 15 is 0 Å². The minimum absolute atomic E-state index is 0.00231. The van der Waals surface area contributed by atoms with Gasteiger partial charge in [-0.05, 0) is 0 Å². The molecule has 0 aliphatic rings. The van der Waals surface area contributed by atoms with Crippen molar-refractivity contribution < 1.29 is 0 Å². The number of hydrazone groups is 1. The van der Waals surface area contributed by atoms with E-state index in [0.717, 1.165) is 0 Å². The fraction of sp³-hybridized carbons (Fsp3) is 0. The van der Waals surface area contributed by atoms with Gasteiger partial charge in [0.05, 0.1) is 5.87 Å². The Labute approximate surface area is 35.3 Å². The molecule has 0 radical (unpaired) electrons. The van der Waals surface area contributed by atoms with Gasteiger partial charge in [-0.2, -0.15) is 0 Å². The normalized spacial score (nSPS) is 6.00. The van der Waals surface area contributed by atoms with Gasteiger partial charge in [0.2, 0.25) is 0 Å². The number of nitrogens with zero attached hydrogens (tertiary/aromatic N) is 1. The first-order valence-electron chi connectivity index (χ1n) is 1.31. The maximum absolute atomic E-state index is 4.81. The highest BCUT2D eigenvalue weighted by Crippen LogP contribution is 1.43. The quantitative estimate of drug-likeness (QED) is 0.186. The van der Waals surface area contributed by atoms with Crippen molar-refractivity contribution in [3.63, 3.8) is 0 Å². The zero-order chi connectivity index (χ0) is 4.99. The average Bonchev–Trinajstić information content (AvgIpc) is 1.35. The average molecular weight is 86.1 g/mol. The Morgan fingerprint density at radius 1 is 1.50 bits per heavy atom. The highest BCUT2D eigenvalue weighted by atomic mass is 15.1. The van der Waals surface area contributed by atoms with Gasteiger partial charge in [0.1, 0.15) is 0 Å². The zero-order valence-electron chi connectivity index (χ0n) is 3.18. The monoisotopic (exact) mass is 86.1 g/mol. The van der Waals surface area contributed by atoms with E-state index in [2.05, 4.69) is 16.8 Å². The SMILES string of the molecule is NN=C=C(N)N. The summed E-state index contributed by atoms with van der Waals surface area (Å²) in [4.78, 5) is 0. The van der Waals surface area contributed by atoms with Gasteiger partial charge in [-0.3, -0.25) is 0 Å². The molecule has 0 aromatic carbocycles. The summed E-state index contributed by atoms with van der Waals surface area (Å²) in [6.07, 6.45) is 0. The first-order valence-corrected chi connectivity index (χ1v) is 1.31. The Morgan fingerprint density at radius 3 is 2.00 bits per heavy atom. The molecular weight excluding hydrogens is 80.1 g/mol. The van der Waals surface area contributed by atoms with E-state index in [-0.39, 0.29) is 5.82 Å². The molecule has 0 aliphatic carbocycles. The molecule has 0 spiro atoms. The molecule has 6 N–H and O–H groups in total. The van der Waals surface area contributed by atoms with Crippen molar-refractivity contribution in [1.82, 2.24) is 0 Å². The van der Waals surface area contributed by atoms with Crippen LogP contribution in [0.3, 0.4) is 0 Å². The lowest BCUT2D eigenvalue weighted by Crippen LogP contribution is -2.08. The first kappa shape index (κ1) is 4.85. The van der Waals surface area contributed by atoms with Gasteiger partial charge in [0, 0.05) is 0 Å². The predicted octanol–water partition coefficient (Wildman–Crippen LogP) is -1.71. The molecule has 4 nitrogen and oxygen atoms in total. The molecule has 0 unspecified atom stereocenters. The number of nitrogens with two attached hydrogens (primary N) is 3. The van der Waals surface area contributed by atoms with Crippen LogP contribution in [0.15, 0.2) is 10.9 Å². The Bertz CT molecular complexity index is 83.7. The van der Waals surface area contributed by atoms with Crippen LogP contribution in [-0.4, -0.2) is 5.87 Å². The lowest BCUT2D eigenvalue weighted by atomic mass is 10.9. The fourth-order valence-corrected chi connectivity index (χ4v) is 0.0745. The van der Waals surface area contributed by atoms with E-state index in [1.807, 2.05) is 0 Å². The third kappa shape index (κ3) is 2.85. The molecule has 4 heteroatoms. The van der Waals surface area contributed by atoms with Crippen molar-refractivity contribution in [3.05, 3.63) is 5.82 Å². The van der Waals surface area contributed by atoms with Crippen LogP contribution in [0.2, 0.25) is 0 Å². The Balaban J connectivity index is 3.73. The summed E-state index contributed by atoms with van der Waals surface area (Å²) in [5.41, 5.74) is 9.62. The molecule has 6 heavy (non-hydrogen) atoms. The summed E-state index contributed by atoms with van der Waals surface area (Å²) >= 11 is 0. The van der Waals surface area contributed by atoms with E-state index in [9.17, 15) is 0 Å². The first-order chi connectivity index (χ1) is 2.77. The maximum atomic E-state index is 4.81. The molecular formula is C2H6N4. The van der Waals surface area contributed by atoms with Crippen LogP contribution in [0.1, 0.15) is 0 Å². The maximum Gasteiger partial charge on any atom is 0.160 e. The summed E-state index contributed by atoms with van der Waals surface area (Å²) in [6.45, 7) is 0. The molecule has 0 saturated carbocycles. The third-order valence-electron chi connectivity index (χ3n) is 0.194. The molecule has 0 fully saturated rings. The van der Waals surface area contributed by atoms with Gasteiger partial charge >= 0.3 is 0 Å². The van der Waals surface area contributed by atoms with Gasteiger partial charge < -0.3 is 17.3 Å². The lowest BCUT2D eigenvalue weighted by Gasteiger charge is -1.73. The van der Waals surface area contributed by atoms with E-state index < -0.39 is 0 Å². The highest BCUT2D eigenvalue weighted by Gasteiger charge is 1.61. The zero-order valence-corrected chi connectivity index (χ0v) is 3.18. The molecule has 0 heterocycles. The van der Waals surface area contributed by atoms with Crippen LogP contribution in [0, 0.1) is 0 Å². The molecule has 0 amide bonds. The van der Waals surface area contributed by atoms with Gasteiger partial charge in [-0.15, -0.1) is 5.10 Å². The van der Waals surface area contributed by atoms with Gasteiger partial charge in [-0.25, -0.2) is 0 Å². The van der Waals surface area contributed by atoms with Crippen LogP contribution in [0.25, 0.3) is 0 Å². The van der Waals surface area contributed by atoms with Crippen LogP contribution >= 0.6 is 0 Å². The van der Waals surface area contributed by atoms with Gasteiger partial charge in [0.15, 0.2) is 5.82 Å². The van der Waals surface area contributed by atoms with E-state index in [0.29, 0.717) is 0 Å². The minimum atomic E-state index is -0.00231. The van der Waals surface area contributed by atoms with Crippen molar-refractivity contribution in [3.8, 4) is 0 Å².